The van der Waals surface area contributed by atoms with Gasteiger partial charge >= 0.3 is 0 Å². The number of aliphatic hydroxyl groups is 1. The van der Waals surface area contributed by atoms with E-state index in [0.717, 1.165) is 0 Å². The molecule has 1 fully saturated rings. The lowest BCUT2D eigenvalue weighted by Gasteiger charge is -2.08. The highest BCUT2D eigenvalue weighted by Gasteiger charge is 2.68. The number of halogens is 1. The molecule has 1 aromatic carbocycles. The van der Waals surface area contributed by atoms with Crippen LogP contribution in [0.15, 0.2) is 18.2 Å². The molecular formula is C17H20FNO2. The summed E-state index contributed by atoms with van der Waals surface area (Å²) in [7, 11) is 0. The van der Waals surface area contributed by atoms with E-state index >= 15 is 0 Å². The number of hydrogen-bond acceptors (Lipinski definition) is 2. The minimum absolute atomic E-state index is 0.0832. The van der Waals surface area contributed by atoms with Crippen molar-refractivity contribution in [2.75, 3.05) is 11.9 Å². The minimum Gasteiger partial charge on any atom is -0.384 e. The summed E-state index contributed by atoms with van der Waals surface area (Å²) in [4.78, 5) is 12.3. The zero-order chi connectivity index (χ0) is 15.8. The van der Waals surface area contributed by atoms with E-state index in [1.807, 2.05) is 27.7 Å². The maximum absolute atomic E-state index is 14.0. The van der Waals surface area contributed by atoms with Gasteiger partial charge in [-0.3, -0.25) is 4.79 Å². The smallest absolute Gasteiger partial charge is 0.228 e. The SMILES string of the molecule is CC1(C)C(C(=O)Nc2ccc(C#CCO)cc2F)C1(C)C. The molecule has 2 N–H and O–H groups in total. The maximum Gasteiger partial charge on any atom is 0.228 e. The minimum atomic E-state index is -0.524. The first-order valence-corrected chi connectivity index (χ1v) is 6.92. The van der Waals surface area contributed by atoms with E-state index in [1.54, 1.807) is 6.07 Å². The van der Waals surface area contributed by atoms with Crippen molar-refractivity contribution in [3.05, 3.63) is 29.6 Å². The maximum atomic E-state index is 14.0. The van der Waals surface area contributed by atoms with E-state index in [-0.39, 0.29) is 34.9 Å². The van der Waals surface area contributed by atoms with Gasteiger partial charge in [0.2, 0.25) is 5.91 Å². The molecular weight excluding hydrogens is 269 g/mol. The molecule has 1 aliphatic rings. The molecule has 1 aromatic rings. The largest absolute Gasteiger partial charge is 0.384 e. The molecule has 2 rings (SSSR count). The molecule has 0 bridgehead atoms. The van der Waals surface area contributed by atoms with Crippen LogP contribution in [0.1, 0.15) is 33.3 Å². The highest BCUT2D eigenvalue weighted by Crippen LogP contribution is 2.68. The molecule has 112 valence electrons. The Kier molecular flexibility index (Phi) is 3.81. The Morgan fingerprint density at radius 3 is 2.43 bits per heavy atom. The Balaban J connectivity index is 2.13. The van der Waals surface area contributed by atoms with Gasteiger partial charge < -0.3 is 10.4 Å². The molecule has 0 radical (unpaired) electrons. The number of rotatable bonds is 2. The first-order chi connectivity index (χ1) is 9.71. The second-order valence-electron chi connectivity index (χ2n) is 6.52. The third-order valence-corrected chi connectivity index (χ3v) is 4.82. The van der Waals surface area contributed by atoms with Crippen LogP contribution in [0.4, 0.5) is 10.1 Å². The number of hydrogen-bond donors (Lipinski definition) is 2. The Morgan fingerprint density at radius 2 is 1.95 bits per heavy atom. The fourth-order valence-corrected chi connectivity index (χ4v) is 2.89. The van der Waals surface area contributed by atoms with E-state index in [0.29, 0.717) is 5.56 Å². The second-order valence-corrected chi connectivity index (χ2v) is 6.52. The van der Waals surface area contributed by atoms with Crippen LogP contribution in [0, 0.1) is 34.4 Å². The molecule has 1 aliphatic carbocycles. The normalized spacial score (nSPS) is 18.6. The van der Waals surface area contributed by atoms with E-state index in [1.165, 1.54) is 12.1 Å². The third kappa shape index (κ3) is 2.66. The van der Waals surface area contributed by atoms with Crippen molar-refractivity contribution in [3.63, 3.8) is 0 Å². The van der Waals surface area contributed by atoms with E-state index < -0.39 is 5.82 Å². The van der Waals surface area contributed by atoms with Crippen molar-refractivity contribution < 1.29 is 14.3 Å². The first kappa shape index (κ1) is 15.5. The summed E-state index contributed by atoms with van der Waals surface area (Å²) in [5.41, 5.74) is 0.458. The van der Waals surface area contributed by atoms with Crippen molar-refractivity contribution in [2.45, 2.75) is 27.7 Å². The average molecular weight is 289 g/mol. The van der Waals surface area contributed by atoms with Crippen LogP contribution in [0.3, 0.4) is 0 Å². The van der Waals surface area contributed by atoms with Crippen LogP contribution in [-0.4, -0.2) is 17.6 Å². The Bertz CT molecular complexity index is 624. The number of benzene rings is 1. The van der Waals surface area contributed by atoms with Crippen LogP contribution in [0.5, 0.6) is 0 Å². The van der Waals surface area contributed by atoms with Crippen LogP contribution >= 0.6 is 0 Å². The van der Waals surface area contributed by atoms with Gasteiger partial charge in [-0.1, -0.05) is 39.5 Å². The quantitative estimate of drug-likeness (QED) is 0.823. The van der Waals surface area contributed by atoms with Gasteiger partial charge in [-0.05, 0) is 29.0 Å². The molecule has 21 heavy (non-hydrogen) atoms. The molecule has 0 spiro atoms. The summed E-state index contributed by atoms with van der Waals surface area (Å²) in [6.45, 7) is 7.90. The van der Waals surface area contributed by atoms with Crippen molar-refractivity contribution in [3.8, 4) is 11.8 Å². The Morgan fingerprint density at radius 1 is 1.33 bits per heavy atom. The summed E-state index contributed by atoms with van der Waals surface area (Å²) in [5.74, 6) is 4.27. The zero-order valence-corrected chi connectivity index (χ0v) is 12.7. The van der Waals surface area contributed by atoms with Crippen LogP contribution in [0.25, 0.3) is 0 Å². The zero-order valence-electron chi connectivity index (χ0n) is 12.7. The molecule has 0 atom stereocenters. The average Bonchev–Trinajstić information content (AvgIpc) is 2.80. The van der Waals surface area contributed by atoms with E-state index in [2.05, 4.69) is 17.2 Å². The van der Waals surface area contributed by atoms with Crippen molar-refractivity contribution in [1.29, 1.82) is 0 Å². The summed E-state index contributed by atoms with van der Waals surface area (Å²) >= 11 is 0. The van der Waals surface area contributed by atoms with Crippen molar-refractivity contribution >= 4 is 11.6 Å². The first-order valence-electron chi connectivity index (χ1n) is 6.92. The van der Waals surface area contributed by atoms with Gasteiger partial charge in [-0.15, -0.1) is 0 Å². The topological polar surface area (TPSA) is 49.3 Å². The highest BCUT2D eigenvalue weighted by atomic mass is 19.1. The molecule has 0 unspecified atom stereocenters. The predicted octanol–water partition coefficient (Wildman–Crippen LogP) is 2.79. The monoisotopic (exact) mass is 289 g/mol. The molecule has 0 aliphatic heterocycles. The van der Waals surface area contributed by atoms with Crippen molar-refractivity contribution in [1.82, 2.24) is 0 Å². The van der Waals surface area contributed by atoms with Crippen LogP contribution in [0.2, 0.25) is 0 Å². The Hall–Kier alpha value is -1.86. The molecule has 3 nitrogen and oxygen atoms in total. The molecule has 1 amide bonds. The van der Waals surface area contributed by atoms with E-state index in [9.17, 15) is 9.18 Å². The number of aliphatic hydroxyl groups excluding tert-OH is 1. The summed E-state index contributed by atoms with van der Waals surface area (Å²) < 4.78 is 14.0. The summed E-state index contributed by atoms with van der Waals surface area (Å²) in [5, 5.41) is 11.3. The number of nitrogens with one attached hydrogen (secondary N) is 1. The van der Waals surface area contributed by atoms with Crippen LogP contribution < -0.4 is 5.32 Å². The summed E-state index contributed by atoms with van der Waals surface area (Å²) in [6, 6.07) is 4.36. The third-order valence-electron chi connectivity index (χ3n) is 4.82. The number of carbonyl (C=O) groups excluding carboxylic acids is 1. The Labute approximate surface area is 124 Å². The lowest BCUT2D eigenvalue weighted by Crippen LogP contribution is -2.18. The van der Waals surface area contributed by atoms with Gasteiger partial charge in [0.1, 0.15) is 12.4 Å². The summed E-state index contributed by atoms with van der Waals surface area (Å²) in [6.07, 6.45) is 0. The number of amides is 1. The fourth-order valence-electron chi connectivity index (χ4n) is 2.89. The van der Waals surface area contributed by atoms with Gasteiger partial charge in [-0.2, -0.15) is 0 Å². The predicted molar refractivity (Wildman–Crippen MR) is 80.0 cm³/mol. The van der Waals surface area contributed by atoms with Gasteiger partial charge in [0, 0.05) is 11.5 Å². The van der Waals surface area contributed by atoms with E-state index in [4.69, 9.17) is 5.11 Å². The lowest BCUT2D eigenvalue weighted by molar-refractivity contribution is -0.118. The second kappa shape index (κ2) is 5.16. The fraction of sp³-hybridized carbons (Fsp3) is 0.471. The molecule has 4 heteroatoms. The molecule has 1 saturated carbocycles. The number of carbonyl (C=O) groups is 1. The number of anilines is 1. The van der Waals surface area contributed by atoms with Crippen molar-refractivity contribution in [2.24, 2.45) is 16.7 Å². The lowest BCUT2D eigenvalue weighted by atomic mass is 10.0. The standard InChI is InChI=1S/C17H20FNO2/c1-16(2)14(17(16,3)4)15(21)19-13-8-7-11(6-5-9-20)10-12(13)18/h7-8,10,14,20H,9H2,1-4H3,(H,19,21). The van der Waals surface area contributed by atoms with Gasteiger partial charge in [-0.25, -0.2) is 4.39 Å². The highest BCUT2D eigenvalue weighted by molar-refractivity contribution is 5.96. The van der Waals surface area contributed by atoms with Gasteiger partial charge in [0.15, 0.2) is 0 Å². The molecule has 0 saturated heterocycles. The molecule has 0 aromatic heterocycles. The van der Waals surface area contributed by atoms with Gasteiger partial charge in [0.25, 0.3) is 0 Å². The van der Waals surface area contributed by atoms with Crippen LogP contribution in [-0.2, 0) is 4.79 Å². The molecule has 0 heterocycles. The van der Waals surface area contributed by atoms with Gasteiger partial charge in [0.05, 0.1) is 5.69 Å².